The van der Waals surface area contributed by atoms with E-state index in [2.05, 4.69) is 36.9 Å². The normalized spacial score (nSPS) is 26.0. The van der Waals surface area contributed by atoms with Crippen molar-refractivity contribution in [3.8, 4) is 0 Å². The summed E-state index contributed by atoms with van der Waals surface area (Å²) in [5.41, 5.74) is 0. The maximum atomic E-state index is 4.63. The van der Waals surface area contributed by atoms with Crippen LogP contribution in [-0.2, 0) is 0 Å². The molecule has 2 N–H and O–H groups in total. The van der Waals surface area contributed by atoms with Gasteiger partial charge in [0, 0.05) is 25.7 Å². The Hall–Kier alpha value is -1.40. The fourth-order valence-corrected chi connectivity index (χ4v) is 4.39. The first kappa shape index (κ1) is 13.3. The summed E-state index contributed by atoms with van der Waals surface area (Å²) in [5.74, 6) is 1.69. The van der Waals surface area contributed by atoms with Crippen LogP contribution in [0.15, 0.2) is 11.4 Å². The van der Waals surface area contributed by atoms with E-state index in [9.17, 15) is 0 Å². The van der Waals surface area contributed by atoms with Gasteiger partial charge >= 0.3 is 0 Å². The Kier molecular flexibility index (Phi) is 3.43. The van der Waals surface area contributed by atoms with Crippen molar-refractivity contribution < 1.29 is 0 Å². The molecule has 0 saturated carbocycles. The van der Waals surface area contributed by atoms with Crippen molar-refractivity contribution in [3.63, 3.8) is 0 Å². The van der Waals surface area contributed by atoms with Gasteiger partial charge in [-0.2, -0.15) is 4.98 Å². The average Bonchev–Trinajstić information content (AvgIpc) is 3.14. The number of aromatic nitrogens is 2. The highest BCUT2D eigenvalue weighted by molar-refractivity contribution is 7.16. The van der Waals surface area contributed by atoms with Gasteiger partial charge in [-0.25, -0.2) is 4.98 Å². The van der Waals surface area contributed by atoms with Crippen LogP contribution in [0.4, 0.5) is 11.8 Å². The average molecular weight is 303 g/mol. The Morgan fingerprint density at radius 2 is 2.24 bits per heavy atom. The summed E-state index contributed by atoms with van der Waals surface area (Å²) in [6.07, 6.45) is 5.17. The maximum Gasteiger partial charge on any atom is 0.225 e. The second kappa shape index (κ2) is 5.42. The van der Waals surface area contributed by atoms with Crippen molar-refractivity contribution in [1.29, 1.82) is 0 Å². The van der Waals surface area contributed by atoms with Crippen molar-refractivity contribution in [2.75, 3.05) is 30.8 Å². The SMILES string of the molecule is CNc1nc(NC2CCN3CCCC3C2)c2ccsc2n1. The molecule has 4 heterocycles. The Morgan fingerprint density at radius 3 is 3.14 bits per heavy atom. The van der Waals surface area contributed by atoms with Crippen LogP contribution in [-0.4, -0.2) is 47.1 Å². The molecule has 21 heavy (non-hydrogen) atoms. The summed E-state index contributed by atoms with van der Waals surface area (Å²) in [4.78, 5) is 12.8. The molecule has 2 unspecified atom stereocenters. The smallest absolute Gasteiger partial charge is 0.225 e. The molecule has 2 aromatic heterocycles. The van der Waals surface area contributed by atoms with E-state index in [-0.39, 0.29) is 0 Å². The van der Waals surface area contributed by atoms with Gasteiger partial charge in [-0.05, 0) is 43.7 Å². The molecule has 2 aliphatic rings. The third-order valence-corrected chi connectivity index (χ3v) is 5.52. The highest BCUT2D eigenvalue weighted by atomic mass is 32.1. The molecule has 0 amide bonds. The van der Waals surface area contributed by atoms with E-state index in [0.717, 1.165) is 22.1 Å². The molecule has 2 fully saturated rings. The molecule has 112 valence electrons. The third kappa shape index (κ3) is 2.46. The fourth-order valence-electron chi connectivity index (χ4n) is 3.63. The molecule has 0 radical (unpaired) electrons. The molecular weight excluding hydrogens is 282 g/mol. The van der Waals surface area contributed by atoms with E-state index in [1.54, 1.807) is 11.3 Å². The molecule has 0 aromatic carbocycles. The number of fused-ring (bicyclic) bond motifs is 2. The minimum atomic E-state index is 0.534. The molecule has 4 rings (SSSR count). The number of hydrogen-bond donors (Lipinski definition) is 2. The number of anilines is 2. The van der Waals surface area contributed by atoms with Crippen LogP contribution in [0.1, 0.15) is 25.7 Å². The van der Waals surface area contributed by atoms with Gasteiger partial charge in [-0.15, -0.1) is 11.3 Å². The van der Waals surface area contributed by atoms with E-state index < -0.39 is 0 Å². The van der Waals surface area contributed by atoms with E-state index >= 15 is 0 Å². The highest BCUT2D eigenvalue weighted by Crippen LogP contribution is 2.31. The number of nitrogens with one attached hydrogen (secondary N) is 2. The Labute approximate surface area is 128 Å². The van der Waals surface area contributed by atoms with E-state index in [0.29, 0.717) is 12.0 Å². The second-order valence-electron chi connectivity index (χ2n) is 5.98. The van der Waals surface area contributed by atoms with Gasteiger partial charge in [0.2, 0.25) is 5.95 Å². The first-order valence-electron chi connectivity index (χ1n) is 7.77. The summed E-state index contributed by atoms with van der Waals surface area (Å²) in [6.45, 7) is 2.52. The van der Waals surface area contributed by atoms with Crippen LogP contribution >= 0.6 is 11.3 Å². The Morgan fingerprint density at radius 1 is 1.29 bits per heavy atom. The van der Waals surface area contributed by atoms with Gasteiger partial charge in [0.05, 0.1) is 5.39 Å². The predicted octanol–water partition coefficient (Wildman–Crippen LogP) is 2.77. The van der Waals surface area contributed by atoms with Crippen LogP contribution in [0.5, 0.6) is 0 Å². The zero-order valence-corrected chi connectivity index (χ0v) is 13.1. The van der Waals surface area contributed by atoms with Crippen molar-refractivity contribution in [3.05, 3.63) is 11.4 Å². The van der Waals surface area contributed by atoms with Crippen molar-refractivity contribution in [1.82, 2.24) is 14.9 Å². The van der Waals surface area contributed by atoms with Crippen molar-refractivity contribution >= 4 is 33.3 Å². The molecule has 2 aliphatic heterocycles. The summed E-state index contributed by atoms with van der Waals surface area (Å²) < 4.78 is 0. The molecule has 6 heteroatoms. The summed E-state index contributed by atoms with van der Waals surface area (Å²) >= 11 is 1.67. The lowest BCUT2D eigenvalue weighted by molar-refractivity contribution is 0.188. The number of thiophene rings is 1. The van der Waals surface area contributed by atoms with Crippen LogP contribution < -0.4 is 10.6 Å². The number of piperidine rings is 1. The van der Waals surface area contributed by atoms with Gasteiger partial charge in [-0.1, -0.05) is 0 Å². The first-order valence-corrected chi connectivity index (χ1v) is 8.65. The van der Waals surface area contributed by atoms with Gasteiger partial charge in [0.25, 0.3) is 0 Å². The minimum absolute atomic E-state index is 0.534. The van der Waals surface area contributed by atoms with Crippen molar-refractivity contribution in [2.24, 2.45) is 0 Å². The highest BCUT2D eigenvalue weighted by Gasteiger charge is 2.31. The predicted molar refractivity (Wildman–Crippen MR) is 88.2 cm³/mol. The molecular formula is C15H21N5S. The zero-order valence-electron chi connectivity index (χ0n) is 12.3. The molecule has 2 atom stereocenters. The maximum absolute atomic E-state index is 4.63. The lowest BCUT2D eigenvalue weighted by Crippen LogP contribution is -2.42. The van der Waals surface area contributed by atoms with Crippen LogP contribution in [0, 0.1) is 0 Å². The van der Waals surface area contributed by atoms with Gasteiger partial charge in [0.1, 0.15) is 10.6 Å². The Balaban J connectivity index is 1.57. The number of hydrogen-bond acceptors (Lipinski definition) is 6. The van der Waals surface area contributed by atoms with E-state index in [1.807, 2.05) is 7.05 Å². The van der Waals surface area contributed by atoms with Crippen LogP contribution in [0.3, 0.4) is 0 Å². The molecule has 0 bridgehead atoms. The largest absolute Gasteiger partial charge is 0.367 e. The molecule has 2 aromatic rings. The van der Waals surface area contributed by atoms with Gasteiger partial charge < -0.3 is 15.5 Å². The Bertz CT molecular complexity index is 640. The molecule has 0 spiro atoms. The van der Waals surface area contributed by atoms with Gasteiger partial charge in [-0.3, -0.25) is 0 Å². The van der Waals surface area contributed by atoms with Gasteiger partial charge in [0.15, 0.2) is 0 Å². The molecule has 5 nitrogen and oxygen atoms in total. The second-order valence-corrected chi connectivity index (χ2v) is 6.88. The topological polar surface area (TPSA) is 53.1 Å². The molecule has 2 saturated heterocycles. The third-order valence-electron chi connectivity index (χ3n) is 4.71. The van der Waals surface area contributed by atoms with Crippen LogP contribution in [0.2, 0.25) is 0 Å². The number of rotatable bonds is 3. The molecule has 0 aliphatic carbocycles. The van der Waals surface area contributed by atoms with E-state index in [1.165, 1.54) is 38.8 Å². The van der Waals surface area contributed by atoms with Crippen LogP contribution in [0.25, 0.3) is 10.2 Å². The zero-order chi connectivity index (χ0) is 14.2. The van der Waals surface area contributed by atoms with Crippen molar-refractivity contribution in [2.45, 2.75) is 37.8 Å². The quantitative estimate of drug-likeness (QED) is 0.913. The summed E-state index contributed by atoms with van der Waals surface area (Å²) in [5, 5.41) is 9.98. The first-order chi connectivity index (χ1) is 10.3. The minimum Gasteiger partial charge on any atom is -0.367 e. The lowest BCUT2D eigenvalue weighted by Gasteiger charge is -2.35. The standard InChI is InChI=1S/C15H21N5S/c1-16-15-18-13(12-5-8-21-14(12)19-15)17-10-4-7-20-6-2-3-11(20)9-10/h5,8,10-11H,2-4,6-7,9H2,1H3,(H2,16,17,18,19). The van der Waals surface area contributed by atoms with E-state index in [4.69, 9.17) is 0 Å². The summed E-state index contributed by atoms with van der Waals surface area (Å²) in [7, 11) is 1.87. The number of nitrogens with zero attached hydrogens (tertiary/aromatic N) is 3. The monoisotopic (exact) mass is 303 g/mol. The summed E-state index contributed by atoms with van der Waals surface area (Å²) in [6, 6.07) is 3.43. The lowest BCUT2D eigenvalue weighted by atomic mass is 9.97. The fraction of sp³-hybridized carbons (Fsp3) is 0.600.